The number of methoxy groups -OCH3 is 1. The van der Waals surface area contributed by atoms with Gasteiger partial charge in [0.15, 0.2) is 0 Å². The van der Waals surface area contributed by atoms with Crippen LogP contribution in [0.1, 0.15) is 25.7 Å². The molecule has 96 valence electrons. The molecule has 0 bridgehead atoms. The Morgan fingerprint density at radius 3 is 2.88 bits per heavy atom. The number of hydrogen-bond acceptors (Lipinski definition) is 4. The standard InChI is InChI=1S/C12H26N2O2/c1-15-8-4-9-16-10-7-14-6-3-2-5-12(14)11-13/h12H,2-11,13H2,1H3. The minimum atomic E-state index is 0.580. The molecule has 1 atom stereocenters. The molecular weight excluding hydrogens is 204 g/mol. The summed E-state index contributed by atoms with van der Waals surface area (Å²) in [7, 11) is 1.72. The zero-order valence-corrected chi connectivity index (χ0v) is 10.5. The summed E-state index contributed by atoms with van der Waals surface area (Å²) in [5.74, 6) is 0. The molecule has 1 unspecified atom stereocenters. The van der Waals surface area contributed by atoms with E-state index < -0.39 is 0 Å². The van der Waals surface area contributed by atoms with E-state index >= 15 is 0 Å². The van der Waals surface area contributed by atoms with Gasteiger partial charge < -0.3 is 15.2 Å². The summed E-state index contributed by atoms with van der Waals surface area (Å²) in [4.78, 5) is 2.47. The Labute approximate surface area is 99.1 Å². The van der Waals surface area contributed by atoms with Gasteiger partial charge in [-0.15, -0.1) is 0 Å². The minimum absolute atomic E-state index is 0.580. The number of piperidine rings is 1. The van der Waals surface area contributed by atoms with E-state index in [1.165, 1.54) is 25.8 Å². The van der Waals surface area contributed by atoms with Gasteiger partial charge in [-0.05, 0) is 25.8 Å². The summed E-state index contributed by atoms with van der Waals surface area (Å²) in [5, 5.41) is 0. The third-order valence-corrected chi connectivity index (χ3v) is 3.18. The van der Waals surface area contributed by atoms with E-state index in [0.29, 0.717) is 6.04 Å². The lowest BCUT2D eigenvalue weighted by Gasteiger charge is -2.34. The van der Waals surface area contributed by atoms with Gasteiger partial charge in [0.25, 0.3) is 0 Å². The van der Waals surface area contributed by atoms with Crippen molar-refractivity contribution in [3.8, 4) is 0 Å². The number of nitrogens with two attached hydrogens (primary N) is 1. The van der Waals surface area contributed by atoms with Gasteiger partial charge in [0, 0.05) is 39.5 Å². The lowest BCUT2D eigenvalue weighted by molar-refractivity contribution is 0.0629. The van der Waals surface area contributed by atoms with Gasteiger partial charge in [-0.1, -0.05) is 6.42 Å². The molecular formula is C12H26N2O2. The van der Waals surface area contributed by atoms with Gasteiger partial charge in [0.1, 0.15) is 0 Å². The van der Waals surface area contributed by atoms with Crippen LogP contribution in [0, 0.1) is 0 Å². The molecule has 0 aromatic rings. The first-order valence-electron chi connectivity index (χ1n) is 6.39. The van der Waals surface area contributed by atoms with E-state index in [9.17, 15) is 0 Å². The van der Waals surface area contributed by atoms with Crippen molar-refractivity contribution in [2.45, 2.75) is 31.7 Å². The normalized spacial score (nSPS) is 22.5. The maximum absolute atomic E-state index is 5.76. The van der Waals surface area contributed by atoms with Crippen LogP contribution in [0.4, 0.5) is 0 Å². The van der Waals surface area contributed by atoms with Gasteiger partial charge in [-0.2, -0.15) is 0 Å². The predicted octanol–water partition coefficient (Wildman–Crippen LogP) is 0.853. The van der Waals surface area contributed by atoms with Gasteiger partial charge >= 0.3 is 0 Å². The summed E-state index contributed by atoms with van der Waals surface area (Å²) in [6.45, 7) is 5.39. The second-order valence-corrected chi connectivity index (χ2v) is 4.38. The Hall–Kier alpha value is -0.160. The average molecular weight is 230 g/mol. The molecule has 4 heteroatoms. The first kappa shape index (κ1) is 13.9. The third-order valence-electron chi connectivity index (χ3n) is 3.18. The van der Waals surface area contributed by atoms with Crippen molar-refractivity contribution >= 4 is 0 Å². The second-order valence-electron chi connectivity index (χ2n) is 4.38. The van der Waals surface area contributed by atoms with E-state index in [0.717, 1.165) is 39.3 Å². The van der Waals surface area contributed by atoms with Gasteiger partial charge in [0.05, 0.1) is 6.61 Å². The molecule has 1 aliphatic rings. The maximum Gasteiger partial charge on any atom is 0.0593 e. The topological polar surface area (TPSA) is 47.7 Å². The average Bonchev–Trinajstić information content (AvgIpc) is 2.34. The Balaban J connectivity index is 2.02. The van der Waals surface area contributed by atoms with Crippen LogP contribution in [0.5, 0.6) is 0 Å². The van der Waals surface area contributed by atoms with E-state index in [1.54, 1.807) is 7.11 Å². The predicted molar refractivity (Wildman–Crippen MR) is 65.6 cm³/mol. The quantitative estimate of drug-likeness (QED) is 0.628. The number of rotatable bonds is 8. The van der Waals surface area contributed by atoms with Crippen molar-refractivity contribution in [1.82, 2.24) is 4.90 Å². The Bertz CT molecular complexity index is 167. The first-order chi connectivity index (χ1) is 7.88. The minimum Gasteiger partial charge on any atom is -0.385 e. The fourth-order valence-electron chi connectivity index (χ4n) is 2.21. The molecule has 0 amide bonds. The lowest BCUT2D eigenvalue weighted by Crippen LogP contribution is -2.45. The van der Waals surface area contributed by atoms with Crippen LogP contribution in [-0.4, -0.2) is 57.5 Å². The van der Waals surface area contributed by atoms with Gasteiger partial charge in [-0.3, -0.25) is 4.90 Å². The molecule has 0 saturated carbocycles. The SMILES string of the molecule is COCCCOCCN1CCCCC1CN. The van der Waals surface area contributed by atoms with E-state index in [4.69, 9.17) is 15.2 Å². The molecule has 0 spiro atoms. The Kier molecular flexibility index (Phi) is 7.76. The van der Waals surface area contributed by atoms with Crippen LogP contribution in [0.15, 0.2) is 0 Å². The van der Waals surface area contributed by atoms with Crippen LogP contribution in [-0.2, 0) is 9.47 Å². The van der Waals surface area contributed by atoms with Gasteiger partial charge in [0.2, 0.25) is 0 Å². The molecule has 0 aromatic heterocycles. The van der Waals surface area contributed by atoms with Crippen LogP contribution in [0.25, 0.3) is 0 Å². The number of likely N-dealkylation sites (tertiary alicyclic amines) is 1. The molecule has 1 rings (SSSR count). The zero-order valence-electron chi connectivity index (χ0n) is 10.5. The molecule has 0 aromatic carbocycles. The van der Waals surface area contributed by atoms with Crippen LogP contribution >= 0.6 is 0 Å². The molecule has 4 nitrogen and oxygen atoms in total. The van der Waals surface area contributed by atoms with E-state index in [-0.39, 0.29) is 0 Å². The molecule has 0 radical (unpaired) electrons. The zero-order chi connectivity index (χ0) is 11.6. The Morgan fingerprint density at radius 1 is 1.25 bits per heavy atom. The van der Waals surface area contributed by atoms with E-state index in [1.807, 2.05) is 0 Å². The first-order valence-corrected chi connectivity index (χ1v) is 6.39. The number of nitrogens with zero attached hydrogens (tertiary/aromatic N) is 1. The smallest absolute Gasteiger partial charge is 0.0593 e. The summed E-state index contributed by atoms with van der Waals surface area (Å²) in [6.07, 6.45) is 4.87. The fourth-order valence-corrected chi connectivity index (χ4v) is 2.21. The number of hydrogen-bond donors (Lipinski definition) is 1. The highest BCUT2D eigenvalue weighted by Crippen LogP contribution is 2.15. The molecule has 1 saturated heterocycles. The molecule has 1 fully saturated rings. The van der Waals surface area contributed by atoms with Crippen molar-refractivity contribution in [1.29, 1.82) is 0 Å². The second kappa shape index (κ2) is 8.93. The van der Waals surface area contributed by atoms with Crippen molar-refractivity contribution < 1.29 is 9.47 Å². The Morgan fingerprint density at radius 2 is 2.12 bits per heavy atom. The third kappa shape index (κ3) is 5.25. The maximum atomic E-state index is 5.76. The van der Waals surface area contributed by atoms with Gasteiger partial charge in [-0.25, -0.2) is 0 Å². The highest BCUT2D eigenvalue weighted by molar-refractivity contribution is 4.77. The van der Waals surface area contributed by atoms with Crippen LogP contribution in [0.2, 0.25) is 0 Å². The molecule has 0 aliphatic carbocycles. The molecule has 1 aliphatic heterocycles. The highest BCUT2D eigenvalue weighted by atomic mass is 16.5. The molecule has 16 heavy (non-hydrogen) atoms. The van der Waals surface area contributed by atoms with Crippen molar-refractivity contribution in [3.63, 3.8) is 0 Å². The highest BCUT2D eigenvalue weighted by Gasteiger charge is 2.20. The summed E-state index contributed by atoms with van der Waals surface area (Å²) >= 11 is 0. The summed E-state index contributed by atoms with van der Waals surface area (Å²) in [5.41, 5.74) is 5.76. The molecule has 2 N–H and O–H groups in total. The van der Waals surface area contributed by atoms with Crippen molar-refractivity contribution in [2.75, 3.05) is 46.6 Å². The van der Waals surface area contributed by atoms with Crippen LogP contribution in [0.3, 0.4) is 0 Å². The molecule has 1 heterocycles. The largest absolute Gasteiger partial charge is 0.385 e. The summed E-state index contributed by atoms with van der Waals surface area (Å²) < 4.78 is 10.5. The fraction of sp³-hybridized carbons (Fsp3) is 1.00. The number of ether oxygens (including phenoxy) is 2. The van der Waals surface area contributed by atoms with Crippen molar-refractivity contribution in [3.05, 3.63) is 0 Å². The van der Waals surface area contributed by atoms with E-state index in [2.05, 4.69) is 4.90 Å². The monoisotopic (exact) mass is 230 g/mol. The van der Waals surface area contributed by atoms with Crippen LogP contribution < -0.4 is 5.73 Å². The van der Waals surface area contributed by atoms with Crippen molar-refractivity contribution in [2.24, 2.45) is 5.73 Å². The lowest BCUT2D eigenvalue weighted by atomic mass is 10.0. The summed E-state index contributed by atoms with van der Waals surface area (Å²) in [6, 6.07) is 0.580.